The first-order valence-electron chi connectivity index (χ1n) is 4.74. The van der Waals surface area contributed by atoms with Gasteiger partial charge in [-0.15, -0.1) is 0 Å². The third kappa shape index (κ3) is 1.82. The van der Waals surface area contributed by atoms with Gasteiger partial charge in [0.2, 0.25) is 0 Å². The Morgan fingerprint density at radius 2 is 1.65 bits per heavy atom. The van der Waals surface area contributed by atoms with Gasteiger partial charge in [0.25, 0.3) is 0 Å². The van der Waals surface area contributed by atoms with Gasteiger partial charge in [-0.3, -0.25) is 0 Å². The minimum absolute atomic E-state index is 0.849. The molecule has 1 nitrogen and oxygen atoms in total. The molecular formula is C12H4Br4O. The standard InChI is InChI=1S/C12H4Br4O/c13-6-2-1-3-8-9(6)5-4-7(14)10(15)11(16)12(5)17-8/h1-4H. The Bertz CT molecular complexity index is 745. The van der Waals surface area contributed by atoms with Gasteiger partial charge in [0.15, 0.2) is 5.58 Å². The molecule has 0 fully saturated rings. The molecule has 0 saturated heterocycles. The molecule has 3 aromatic rings. The van der Waals surface area contributed by atoms with Gasteiger partial charge in [-0.05, 0) is 66.0 Å². The number of rotatable bonds is 0. The molecule has 5 heteroatoms. The van der Waals surface area contributed by atoms with E-state index in [4.69, 9.17) is 4.42 Å². The van der Waals surface area contributed by atoms with Crippen LogP contribution >= 0.6 is 63.7 Å². The molecule has 17 heavy (non-hydrogen) atoms. The molecule has 0 spiro atoms. The highest BCUT2D eigenvalue weighted by Gasteiger charge is 2.16. The van der Waals surface area contributed by atoms with E-state index < -0.39 is 0 Å². The van der Waals surface area contributed by atoms with E-state index in [9.17, 15) is 0 Å². The Morgan fingerprint density at radius 1 is 0.882 bits per heavy atom. The average molecular weight is 484 g/mol. The van der Waals surface area contributed by atoms with Gasteiger partial charge in [-0.2, -0.15) is 0 Å². The van der Waals surface area contributed by atoms with Crippen molar-refractivity contribution in [2.75, 3.05) is 0 Å². The third-order valence-electron chi connectivity index (χ3n) is 2.57. The first-order valence-corrected chi connectivity index (χ1v) is 7.91. The Kier molecular flexibility index (Phi) is 3.14. The normalized spacial score (nSPS) is 11.5. The molecule has 0 radical (unpaired) electrons. The molecule has 3 rings (SSSR count). The summed E-state index contributed by atoms with van der Waals surface area (Å²) in [7, 11) is 0. The van der Waals surface area contributed by atoms with E-state index in [0.717, 1.165) is 39.8 Å². The Balaban J connectivity index is 2.63. The van der Waals surface area contributed by atoms with Crippen LogP contribution in [0.1, 0.15) is 0 Å². The van der Waals surface area contributed by atoms with Crippen LogP contribution in [-0.2, 0) is 0 Å². The van der Waals surface area contributed by atoms with Gasteiger partial charge >= 0.3 is 0 Å². The van der Waals surface area contributed by atoms with Crippen LogP contribution in [0.4, 0.5) is 0 Å². The SMILES string of the molecule is Brc1cc2c(oc3cccc(Br)c32)c(Br)c1Br. The number of fused-ring (bicyclic) bond motifs is 3. The van der Waals surface area contributed by atoms with Crippen LogP contribution in [0.25, 0.3) is 21.9 Å². The molecule has 1 aromatic heterocycles. The second-order valence-electron chi connectivity index (χ2n) is 3.58. The molecule has 0 aliphatic rings. The monoisotopic (exact) mass is 480 g/mol. The number of benzene rings is 2. The maximum absolute atomic E-state index is 5.87. The van der Waals surface area contributed by atoms with E-state index in [1.54, 1.807) is 0 Å². The zero-order valence-corrected chi connectivity index (χ0v) is 14.6. The fourth-order valence-corrected chi connectivity index (χ4v) is 3.88. The topological polar surface area (TPSA) is 13.1 Å². The lowest BCUT2D eigenvalue weighted by atomic mass is 10.1. The summed E-state index contributed by atoms with van der Waals surface area (Å²) in [4.78, 5) is 0. The van der Waals surface area contributed by atoms with Crippen molar-refractivity contribution in [3.05, 3.63) is 42.2 Å². The van der Waals surface area contributed by atoms with Crippen LogP contribution in [0, 0.1) is 0 Å². The van der Waals surface area contributed by atoms with Crippen LogP contribution in [0.3, 0.4) is 0 Å². The number of furan rings is 1. The molecule has 2 aromatic carbocycles. The summed E-state index contributed by atoms with van der Waals surface area (Å²) in [6.45, 7) is 0. The van der Waals surface area contributed by atoms with Gasteiger partial charge in [0.1, 0.15) is 5.58 Å². The minimum atomic E-state index is 0.849. The molecule has 0 aliphatic heterocycles. The zero-order chi connectivity index (χ0) is 12.2. The van der Waals surface area contributed by atoms with Crippen LogP contribution in [0.5, 0.6) is 0 Å². The Morgan fingerprint density at radius 3 is 2.41 bits per heavy atom. The number of hydrogen-bond donors (Lipinski definition) is 0. The maximum Gasteiger partial charge on any atom is 0.150 e. The summed E-state index contributed by atoms with van der Waals surface area (Å²) in [5.41, 5.74) is 1.72. The third-order valence-corrected chi connectivity index (χ3v) is 6.50. The van der Waals surface area contributed by atoms with Crippen molar-refractivity contribution >= 4 is 85.7 Å². The van der Waals surface area contributed by atoms with Crippen molar-refractivity contribution in [1.29, 1.82) is 0 Å². The summed E-state index contributed by atoms with van der Waals surface area (Å²) >= 11 is 14.1. The van der Waals surface area contributed by atoms with E-state index in [1.165, 1.54) is 0 Å². The van der Waals surface area contributed by atoms with Crippen LogP contribution in [0.15, 0.2) is 46.6 Å². The fourth-order valence-electron chi connectivity index (χ4n) is 1.82. The van der Waals surface area contributed by atoms with Gasteiger partial charge in [-0.1, -0.05) is 22.0 Å². The van der Waals surface area contributed by atoms with E-state index >= 15 is 0 Å². The molecule has 0 N–H and O–H groups in total. The molecule has 0 atom stereocenters. The molecule has 0 aliphatic carbocycles. The molecule has 1 heterocycles. The van der Waals surface area contributed by atoms with Crippen LogP contribution in [-0.4, -0.2) is 0 Å². The average Bonchev–Trinajstić information content (AvgIpc) is 2.66. The van der Waals surface area contributed by atoms with Gasteiger partial charge in [-0.25, -0.2) is 0 Å². The number of halogens is 4. The summed E-state index contributed by atoms with van der Waals surface area (Å²) in [6.07, 6.45) is 0. The first kappa shape index (κ1) is 12.2. The molecular weight excluding hydrogens is 480 g/mol. The van der Waals surface area contributed by atoms with E-state index in [0.29, 0.717) is 0 Å². The highest BCUT2D eigenvalue weighted by atomic mass is 79.9. The van der Waals surface area contributed by atoms with Crippen molar-refractivity contribution < 1.29 is 4.42 Å². The molecule has 0 saturated carbocycles. The van der Waals surface area contributed by atoms with E-state index in [-0.39, 0.29) is 0 Å². The lowest BCUT2D eigenvalue weighted by Crippen LogP contribution is -1.75. The minimum Gasteiger partial charge on any atom is -0.455 e. The predicted octanol–water partition coefficient (Wildman–Crippen LogP) is 6.64. The molecule has 0 unspecified atom stereocenters. The van der Waals surface area contributed by atoms with Crippen LogP contribution < -0.4 is 0 Å². The lowest BCUT2D eigenvalue weighted by molar-refractivity contribution is 0.666. The Hall–Kier alpha value is 0.160. The van der Waals surface area contributed by atoms with Gasteiger partial charge in [0, 0.05) is 24.2 Å². The fraction of sp³-hybridized carbons (Fsp3) is 0. The van der Waals surface area contributed by atoms with E-state index in [2.05, 4.69) is 69.8 Å². The van der Waals surface area contributed by atoms with Crippen molar-refractivity contribution in [2.45, 2.75) is 0 Å². The summed E-state index contributed by atoms with van der Waals surface area (Å²) in [5.74, 6) is 0. The van der Waals surface area contributed by atoms with Crippen molar-refractivity contribution in [3.63, 3.8) is 0 Å². The van der Waals surface area contributed by atoms with Crippen molar-refractivity contribution in [3.8, 4) is 0 Å². The smallest absolute Gasteiger partial charge is 0.150 e. The largest absolute Gasteiger partial charge is 0.455 e. The zero-order valence-electron chi connectivity index (χ0n) is 8.23. The lowest BCUT2D eigenvalue weighted by Gasteiger charge is -2.00. The van der Waals surface area contributed by atoms with E-state index in [1.807, 2.05) is 18.2 Å². The Labute approximate surface area is 131 Å². The maximum atomic E-state index is 5.87. The molecule has 0 bridgehead atoms. The quantitative estimate of drug-likeness (QED) is 0.327. The highest BCUT2D eigenvalue weighted by molar-refractivity contribution is 9.14. The molecule has 0 amide bonds. The first-order chi connectivity index (χ1) is 8.09. The second kappa shape index (κ2) is 4.37. The van der Waals surface area contributed by atoms with Crippen molar-refractivity contribution in [2.24, 2.45) is 0 Å². The van der Waals surface area contributed by atoms with Crippen molar-refractivity contribution in [1.82, 2.24) is 0 Å². The summed E-state index contributed by atoms with van der Waals surface area (Å²) in [5, 5.41) is 2.17. The molecule has 86 valence electrons. The summed E-state index contributed by atoms with van der Waals surface area (Å²) < 4.78 is 9.78. The number of hydrogen-bond acceptors (Lipinski definition) is 1. The van der Waals surface area contributed by atoms with Gasteiger partial charge in [0.05, 0.1) is 4.47 Å². The van der Waals surface area contributed by atoms with Crippen LogP contribution in [0.2, 0.25) is 0 Å². The predicted molar refractivity (Wildman–Crippen MR) is 84.5 cm³/mol. The van der Waals surface area contributed by atoms with Gasteiger partial charge < -0.3 is 4.42 Å². The summed E-state index contributed by atoms with van der Waals surface area (Å²) in [6, 6.07) is 8.00. The second-order valence-corrected chi connectivity index (χ2v) is 6.87. The highest BCUT2D eigenvalue weighted by Crippen LogP contribution is 2.43.